The third kappa shape index (κ3) is 3.29. The second-order valence-electron chi connectivity index (χ2n) is 4.02. The molecule has 20 heavy (non-hydrogen) atoms. The lowest BCUT2D eigenvalue weighted by Gasteiger charge is -2.08. The predicted molar refractivity (Wildman–Crippen MR) is 79.1 cm³/mol. The van der Waals surface area contributed by atoms with E-state index in [4.69, 9.17) is 22.1 Å². The molecule has 0 saturated carbocycles. The third-order valence-electron chi connectivity index (χ3n) is 2.62. The van der Waals surface area contributed by atoms with Gasteiger partial charge in [-0.05, 0) is 24.3 Å². The van der Waals surface area contributed by atoms with Gasteiger partial charge in [-0.2, -0.15) is 0 Å². The van der Waals surface area contributed by atoms with E-state index in [0.717, 1.165) is 0 Å². The molecule has 104 valence electrons. The first kappa shape index (κ1) is 14.8. The minimum atomic E-state index is -0.649. The number of rotatable bonds is 3. The summed E-state index contributed by atoms with van der Waals surface area (Å²) in [6.07, 6.45) is 0. The summed E-state index contributed by atoms with van der Waals surface area (Å²) in [4.78, 5) is 11.9. The normalized spacial score (nSPS) is 10.3. The van der Waals surface area contributed by atoms with Crippen molar-refractivity contribution in [2.45, 2.75) is 6.61 Å². The summed E-state index contributed by atoms with van der Waals surface area (Å²) < 4.78 is 19.2. The van der Waals surface area contributed by atoms with Gasteiger partial charge in [0.1, 0.15) is 12.4 Å². The first-order valence-electron chi connectivity index (χ1n) is 5.64. The van der Waals surface area contributed by atoms with E-state index in [2.05, 4.69) is 15.9 Å². The zero-order valence-corrected chi connectivity index (χ0v) is 12.5. The third-order valence-corrected chi connectivity index (χ3v) is 3.54. The summed E-state index contributed by atoms with van der Waals surface area (Å²) in [6.45, 7) is -0.178. The first-order chi connectivity index (χ1) is 9.49. The van der Waals surface area contributed by atoms with Gasteiger partial charge in [-0.3, -0.25) is 0 Å². The highest BCUT2D eigenvalue weighted by Gasteiger charge is 2.14. The molecule has 0 aliphatic heterocycles. The van der Waals surface area contributed by atoms with E-state index in [1.165, 1.54) is 18.2 Å². The molecular formula is C14H10BrClFNO2. The predicted octanol–water partition coefficient (Wildman–Crippen LogP) is 4.18. The van der Waals surface area contributed by atoms with E-state index in [1.54, 1.807) is 18.2 Å². The molecule has 0 amide bonds. The van der Waals surface area contributed by atoms with Crippen LogP contribution in [0.3, 0.4) is 0 Å². The highest BCUT2D eigenvalue weighted by atomic mass is 79.9. The maximum absolute atomic E-state index is 13.6. The van der Waals surface area contributed by atoms with Crippen LogP contribution in [0, 0.1) is 5.82 Å². The van der Waals surface area contributed by atoms with Gasteiger partial charge in [0, 0.05) is 10.0 Å². The molecule has 2 aromatic rings. The van der Waals surface area contributed by atoms with Crippen molar-refractivity contribution in [3.63, 3.8) is 0 Å². The van der Waals surface area contributed by atoms with Crippen LogP contribution in [-0.4, -0.2) is 5.97 Å². The van der Waals surface area contributed by atoms with Crippen molar-refractivity contribution < 1.29 is 13.9 Å². The molecule has 0 aromatic heterocycles. The van der Waals surface area contributed by atoms with Gasteiger partial charge < -0.3 is 10.5 Å². The topological polar surface area (TPSA) is 52.3 Å². The van der Waals surface area contributed by atoms with E-state index in [9.17, 15) is 9.18 Å². The molecule has 0 radical (unpaired) electrons. The summed E-state index contributed by atoms with van der Waals surface area (Å²) in [5, 5.41) is 0.133. The van der Waals surface area contributed by atoms with Crippen LogP contribution in [0.2, 0.25) is 5.02 Å². The molecule has 3 nitrogen and oxygen atoms in total. The molecule has 0 saturated heterocycles. The number of ether oxygens (including phenoxy) is 1. The Labute approximate surface area is 128 Å². The van der Waals surface area contributed by atoms with Crippen LogP contribution >= 0.6 is 27.5 Å². The smallest absolute Gasteiger partial charge is 0.340 e. The number of hydrogen-bond donors (Lipinski definition) is 1. The lowest BCUT2D eigenvalue weighted by atomic mass is 10.2. The standard InChI is InChI=1S/C14H10BrClFNO2/c15-9-5-4-8(11(17)6-9)7-20-14(19)10-2-1-3-12(18)13(10)16/h1-6H,7,18H2. The zero-order valence-electron chi connectivity index (χ0n) is 10.2. The van der Waals surface area contributed by atoms with E-state index in [1.807, 2.05) is 0 Å². The Bertz CT molecular complexity index is 664. The fraction of sp³-hybridized carbons (Fsp3) is 0.0714. The zero-order chi connectivity index (χ0) is 14.7. The number of benzene rings is 2. The summed E-state index contributed by atoms with van der Waals surface area (Å²) in [5.74, 6) is -1.10. The molecule has 0 fully saturated rings. The van der Waals surface area contributed by atoms with Crippen LogP contribution in [0.4, 0.5) is 10.1 Å². The second-order valence-corrected chi connectivity index (χ2v) is 5.31. The Morgan fingerprint density at radius 2 is 2.10 bits per heavy atom. The van der Waals surface area contributed by atoms with Crippen molar-refractivity contribution in [3.8, 4) is 0 Å². The number of nitrogens with two attached hydrogens (primary N) is 1. The van der Waals surface area contributed by atoms with Gasteiger partial charge in [-0.1, -0.05) is 39.7 Å². The lowest BCUT2D eigenvalue weighted by molar-refractivity contribution is 0.0469. The van der Waals surface area contributed by atoms with E-state index < -0.39 is 11.8 Å². The fourth-order valence-electron chi connectivity index (χ4n) is 1.57. The van der Waals surface area contributed by atoms with Gasteiger partial charge in [0.15, 0.2) is 0 Å². The van der Waals surface area contributed by atoms with Gasteiger partial charge in [-0.25, -0.2) is 9.18 Å². The maximum atomic E-state index is 13.6. The van der Waals surface area contributed by atoms with Gasteiger partial charge in [0.05, 0.1) is 16.3 Å². The summed E-state index contributed by atoms with van der Waals surface area (Å²) in [7, 11) is 0. The molecule has 0 aliphatic rings. The van der Waals surface area contributed by atoms with Crippen molar-refractivity contribution in [3.05, 3.63) is 62.8 Å². The lowest BCUT2D eigenvalue weighted by Crippen LogP contribution is -2.07. The number of anilines is 1. The molecule has 2 N–H and O–H groups in total. The number of nitrogen functional groups attached to an aromatic ring is 1. The fourth-order valence-corrected chi connectivity index (χ4v) is 2.10. The number of carbonyl (C=O) groups excluding carboxylic acids is 1. The average molecular weight is 359 g/mol. The Balaban J connectivity index is 2.11. The van der Waals surface area contributed by atoms with Crippen LogP contribution in [-0.2, 0) is 11.3 Å². The molecule has 0 bridgehead atoms. The largest absolute Gasteiger partial charge is 0.457 e. The monoisotopic (exact) mass is 357 g/mol. The molecule has 0 aliphatic carbocycles. The summed E-state index contributed by atoms with van der Waals surface area (Å²) >= 11 is 9.07. The van der Waals surface area contributed by atoms with Crippen molar-refractivity contribution in [2.75, 3.05) is 5.73 Å². The number of carbonyl (C=O) groups is 1. The molecule has 0 atom stereocenters. The van der Waals surface area contributed by atoms with Crippen LogP contribution in [0.5, 0.6) is 0 Å². The van der Waals surface area contributed by atoms with Crippen LogP contribution in [0.15, 0.2) is 40.9 Å². The van der Waals surface area contributed by atoms with Crippen molar-refractivity contribution in [1.82, 2.24) is 0 Å². The summed E-state index contributed by atoms with van der Waals surface area (Å²) in [5.41, 5.74) is 6.33. The minimum absolute atomic E-state index is 0.133. The van der Waals surface area contributed by atoms with Gasteiger partial charge in [-0.15, -0.1) is 0 Å². The van der Waals surface area contributed by atoms with Gasteiger partial charge in [0.25, 0.3) is 0 Å². The Kier molecular flexibility index (Phi) is 4.62. The Morgan fingerprint density at radius 3 is 2.80 bits per heavy atom. The average Bonchev–Trinajstić information content (AvgIpc) is 2.40. The highest BCUT2D eigenvalue weighted by molar-refractivity contribution is 9.10. The molecular weight excluding hydrogens is 349 g/mol. The van der Waals surface area contributed by atoms with Crippen LogP contribution in [0.25, 0.3) is 0 Å². The van der Waals surface area contributed by atoms with Crippen molar-refractivity contribution in [1.29, 1.82) is 0 Å². The quantitative estimate of drug-likeness (QED) is 0.661. The van der Waals surface area contributed by atoms with E-state index >= 15 is 0 Å². The number of esters is 1. The molecule has 2 rings (SSSR count). The Morgan fingerprint density at radius 1 is 1.35 bits per heavy atom. The SMILES string of the molecule is Nc1cccc(C(=O)OCc2ccc(Br)cc2F)c1Cl. The van der Waals surface area contributed by atoms with Crippen LogP contribution < -0.4 is 5.73 Å². The Hall–Kier alpha value is -1.59. The number of hydrogen-bond acceptors (Lipinski definition) is 3. The number of halogens is 3. The molecule has 6 heteroatoms. The molecule has 2 aromatic carbocycles. The molecule has 0 unspecified atom stereocenters. The van der Waals surface area contributed by atoms with E-state index in [0.29, 0.717) is 4.47 Å². The second kappa shape index (κ2) is 6.24. The molecule has 0 spiro atoms. The van der Waals surface area contributed by atoms with Gasteiger partial charge >= 0.3 is 5.97 Å². The minimum Gasteiger partial charge on any atom is -0.457 e. The van der Waals surface area contributed by atoms with Crippen molar-refractivity contribution in [2.24, 2.45) is 0 Å². The maximum Gasteiger partial charge on any atom is 0.340 e. The highest BCUT2D eigenvalue weighted by Crippen LogP contribution is 2.24. The van der Waals surface area contributed by atoms with Gasteiger partial charge in [0.2, 0.25) is 0 Å². The first-order valence-corrected chi connectivity index (χ1v) is 6.81. The summed E-state index contributed by atoms with van der Waals surface area (Å²) in [6, 6.07) is 9.18. The molecule has 0 heterocycles. The van der Waals surface area contributed by atoms with Crippen molar-refractivity contribution >= 4 is 39.2 Å². The van der Waals surface area contributed by atoms with Crippen LogP contribution in [0.1, 0.15) is 15.9 Å². The van der Waals surface area contributed by atoms with E-state index in [-0.39, 0.29) is 28.4 Å².